The zero-order valence-corrected chi connectivity index (χ0v) is 15.9. The number of halogens is 1. The number of nitrogens with one attached hydrogen (secondary N) is 1. The van der Waals surface area contributed by atoms with Crippen LogP contribution in [-0.2, 0) is 10.0 Å². The van der Waals surface area contributed by atoms with Gasteiger partial charge in [-0.2, -0.15) is 0 Å². The normalized spacial score (nSPS) is 11.5. The minimum Gasteiger partial charge on any atom is -0.492 e. The summed E-state index contributed by atoms with van der Waals surface area (Å²) >= 11 is 5.93. The van der Waals surface area contributed by atoms with Crippen molar-refractivity contribution in [2.45, 2.75) is 32.6 Å². The molecule has 1 N–H and O–H groups in total. The Morgan fingerprint density at radius 1 is 1.00 bits per heavy atom. The van der Waals surface area contributed by atoms with Gasteiger partial charge < -0.3 is 4.74 Å². The second-order valence-corrected chi connectivity index (χ2v) is 8.06. The maximum atomic E-state index is 12.3. The maximum Gasteiger partial charge on any atom is 0.240 e. The number of rotatable bonds is 6. The van der Waals surface area contributed by atoms with Crippen LogP contribution in [-0.4, -0.2) is 21.6 Å². The number of hydrogen-bond acceptors (Lipinski definition) is 3. The van der Waals surface area contributed by atoms with Crippen molar-refractivity contribution >= 4 is 21.6 Å². The number of benzene rings is 2. The topological polar surface area (TPSA) is 55.4 Å². The lowest BCUT2D eigenvalue weighted by Gasteiger charge is -2.14. The molecule has 4 nitrogen and oxygen atoms in total. The molecule has 0 aliphatic heterocycles. The van der Waals surface area contributed by atoms with E-state index in [0.29, 0.717) is 5.02 Å². The molecule has 0 heterocycles. The van der Waals surface area contributed by atoms with Crippen LogP contribution in [0.15, 0.2) is 35.2 Å². The third kappa shape index (κ3) is 4.50. The zero-order valence-electron chi connectivity index (χ0n) is 14.3. The molecule has 0 saturated carbocycles. The third-order valence-electron chi connectivity index (χ3n) is 3.68. The summed E-state index contributed by atoms with van der Waals surface area (Å²) in [6.07, 6.45) is 0. The van der Waals surface area contributed by atoms with E-state index < -0.39 is 10.0 Å². The maximum absolute atomic E-state index is 12.3. The van der Waals surface area contributed by atoms with Crippen molar-refractivity contribution in [2.75, 3.05) is 13.2 Å². The summed E-state index contributed by atoms with van der Waals surface area (Å²) in [5.74, 6) is 0.808. The van der Waals surface area contributed by atoms with Crippen molar-refractivity contribution in [3.05, 3.63) is 57.6 Å². The first-order chi connectivity index (χ1) is 11.2. The number of hydrogen-bond donors (Lipinski definition) is 1. The fraction of sp³-hybridized carbons (Fsp3) is 0.333. The monoisotopic (exact) mass is 367 g/mol. The highest BCUT2D eigenvalue weighted by Gasteiger charge is 2.14. The van der Waals surface area contributed by atoms with Crippen molar-refractivity contribution in [3.8, 4) is 5.75 Å². The summed E-state index contributed by atoms with van der Waals surface area (Å²) in [4.78, 5) is 0.201. The van der Waals surface area contributed by atoms with E-state index in [1.807, 2.05) is 32.9 Å². The van der Waals surface area contributed by atoms with Crippen LogP contribution in [0.4, 0.5) is 0 Å². The Morgan fingerprint density at radius 3 is 2.21 bits per heavy atom. The number of aryl methyl sites for hydroxylation is 4. The highest BCUT2D eigenvalue weighted by Crippen LogP contribution is 2.24. The van der Waals surface area contributed by atoms with Crippen LogP contribution in [0.2, 0.25) is 5.02 Å². The lowest BCUT2D eigenvalue weighted by Crippen LogP contribution is -2.28. The van der Waals surface area contributed by atoms with E-state index in [1.54, 1.807) is 19.1 Å². The molecule has 0 radical (unpaired) electrons. The molecular weight excluding hydrogens is 346 g/mol. The second kappa shape index (κ2) is 7.55. The van der Waals surface area contributed by atoms with E-state index in [0.717, 1.165) is 22.4 Å². The Labute approximate surface area is 148 Å². The molecule has 6 heteroatoms. The summed E-state index contributed by atoms with van der Waals surface area (Å²) in [7, 11) is -3.57. The molecule has 0 saturated heterocycles. The predicted molar refractivity (Wildman–Crippen MR) is 97.5 cm³/mol. The lowest BCUT2D eigenvalue weighted by molar-refractivity contribution is 0.318. The Hall–Kier alpha value is -1.56. The van der Waals surface area contributed by atoms with Crippen LogP contribution in [0.1, 0.15) is 22.3 Å². The lowest BCUT2D eigenvalue weighted by atomic mass is 10.1. The minimum absolute atomic E-state index is 0.191. The van der Waals surface area contributed by atoms with E-state index in [-0.39, 0.29) is 18.0 Å². The first-order valence-electron chi connectivity index (χ1n) is 7.67. The fourth-order valence-corrected chi connectivity index (χ4v) is 3.81. The molecule has 0 atom stereocenters. The van der Waals surface area contributed by atoms with E-state index in [9.17, 15) is 8.42 Å². The van der Waals surface area contributed by atoms with Gasteiger partial charge in [0.05, 0.1) is 4.90 Å². The van der Waals surface area contributed by atoms with Gasteiger partial charge in [-0.3, -0.25) is 0 Å². The predicted octanol–water partition coefficient (Wildman–Crippen LogP) is 3.93. The first-order valence-corrected chi connectivity index (χ1v) is 9.53. The molecule has 0 spiro atoms. The van der Waals surface area contributed by atoms with Gasteiger partial charge in [-0.15, -0.1) is 0 Å². The van der Waals surface area contributed by atoms with Gasteiger partial charge in [-0.25, -0.2) is 13.1 Å². The van der Waals surface area contributed by atoms with Crippen molar-refractivity contribution in [2.24, 2.45) is 0 Å². The van der Waals surface area contributed by atoms with Crippen LogP contribution >= 0.6 is 11.6 Å². The van der Waals surface area contributed by atoms with Crippen LogP contribution in [0.5, 0.6) is 5.75 Å². The second-order valence-electron chi connectivity index (χ2n) is 5.89. The first kappa shape index (κ1) is 18.8. The van der Waals surface area contributed by atoms with Gasteiger partial charge in [0, 0.05) is 11.6 Å². The van der Waals surface area contributed by atoms with Crippen LogP contribution in [0.3, 0.4) is 0 Å². The summed E-state index contributed by atoms with van der Waals surface area (Å²) in [6, 6.07) is 8.72. The SMILES string of the molecule is Cc1cc(C)c(OCCNS(=O)(=O)c2ccc(Cl)c(C)c2)c(C)c1. The average Bonchev–Trinajstić information content (AvgIpc) is 2.48. The van der Waals surface area contributed by atoms with E-state index >= 15 is 0 Å². The van der Waals surface area contributed by atoms with Crippen molar-refractivity contribution in [3.63, 3.8) is 0 Å². The van der Waals surface area contributed by atoms with E-state index in [2.05, 4.69) is 4.72 Å². The quantitative estimate of drug-likeness (QED) is 0.787. The van der Waals surface area contributed by atoms with Crippen molar-refractivity contribution in [1.82, 2.24) is 4.72 Å². The molecule has 2 aromatic carbocycles. The average molecular weight is 368 g/mol. The van der Waals surface area contributed by atoms with Gasteiger partial charge in [0.25, 0.3) is 0 Å². The van der Waals surface area contributed by atoms with Gasteiger partial charge >= 0.3 is 0 Å². The molecule has 130 valence electrons. The zero-order chi connectivity index (χ0) is 17.9. The Balaban J connectivity index is 1.98. The molecule has 0 unspecified atom stereocenters. The molecule has 2 rings (SSSR count). The summed E-state index contributed by atoms with van der Waals surface area (Å²) in [6.45, 7) is 8.22. The van der Waals surface area contributed by atoms with Gasteiger partial charge in [0.2, 0.25) is 10.0 Å². The van der Waals surface area contributed by atoms with Gasteiger partial charge in [-0.1, -0.05) is 29.3 Å². The largest absolute Gasteiger partial charge is 0.492 e. The molecular formula is C18H22ClNO3S. The Kier molecular flexibility index (Phi) is 5.91. The smallest absolute Gasteiger partial charge is 0.240 e. The van der Waals surface area contributed by atoms with Gasteiger partial charge in [-0.05, 0) is 62.6 Å². The van der Waals surface area contributed by atoms with E-state index in [4.69, 9.17) is 16.3 Å². The van der Waals surface area contributed by atoms with Gasteiger partial charge in [0.1, 0.15) is 12.4 Å². The molecule has 0 aliphatic rings. The number of sulfonamides is 1. The van der Waals surface area contributed by atoms with Crippen LogP contribution < -0.4 is 9.46 Å². The molecule has 0 fully saturated rings. The van der Waals surface area contributed by atoms with Crippen LogP contribution in [0, 0.1) is 27.7 Å². The van der Waals surface area contributed by atoms with Crippen LogP contribution in [0.25, 0.3) is 0 Å². The van der Waals surface area contributed by atoms with Gasteiger partial charge in [0.15, 0.2) is 0 Å². The standard InChI is InChI=1S/C18H22ClNO3S/c1-12-9-14(3)18(15(4)10-12)23-8-7-20-24(21,22)16-5-6-17(19)13(2)11-16/h5-6,9-11,20H,7-8H2,1-4H3. The summed E-state index contributed by atoms with van der Waals surface area (Å²) in [5, 5.41) is 0.544. The highest BCUT2D eigenvalue weighted by molar-refractivity contribution is 7.89. The third-order valence-corrected chi connectivity index (χ3v) is 5.57. The molecule has 0 aliphatic carbocycles. The number of ether oxygens (including phenoxy) is 1. The Bertz CT molecular complexity index is 824. The molecule has 0 amide bonds. The highest BCUT2D eigenvalue weighted by atomic mass is 35.5. The summed E-state index contributed by atoms with van der Waals surface area (Å²) < 4.78 is 32.8. The van der Waals surface area contributed by atoms with Crippen molar-refractivity contribution in [1.29, 1.82) is 0 Å². The Morgan fingerprint density at radius 2 is 1.62 bits per heavy atom. The molecule has 0 bridgehead atoms. The van der Waals surface area contributed by atoms with E-state index in [1.165, 1.54) is 11.6 Å². The fourth-order valence-electron chi connectivity index (χ4n) is 2.59. The molecule has 2 aromatic rings. The molecule has 0 aromatic heterocycles. The minimum atomic E-state index is -3.57. The van der Waals surface area contributed by atoms with Crippen molar-refractivity contribution < 1.29 is 13.2 Å². The molecule has 24 heavy (non-hydrogen) atoms. The summed E-state index contributed by atoms with van der Waals surface area (Å²) in [5.41, 5.74) is 3.99.